The number of Topliss-reactive ketones (excluding diaryl/α,β-unsaturated/α-hetero) is 1. The van der Waals surface area contributed by atoms with Crippen LogP contribution in [0, 0.1) is 22.5 Å². The molecule has 0 unspecified atom stereocenters. The predicted molar refractivity (Wildman–Crippen MR) is 133 cm³/mol. The van der Waals surface area contributed by atoms with Gasteiger partial charge in [0.25, 0.3) is 11.6 Å². The van der Waals surface area contributed by atoms with E-state index in [-0.39, 0.29) is 49.2 Å². The first kappa shape index (κ1) is 29.9. The molecule has 0 radical (unpaired) electrons. The fourth-order valence-corrected chi connectivity index (χ4v) is 4.97. The lowest BCUT2D eigenvalue weighted by molar-refractivity contribution is -0.387. The highest BCUT2D eigenvalue weighted by atomic mass is 32.2. The van der Waals surface area contributed by atoms with Crippen molar-refractivity contribution in [2.45, 2.75) is 43.5 Å². The topological polar surface area (TPSA) is 142 Å². The molecule has 0 spiro atoms. The van der Waals surface area contributed by atoms with Crippen molar-refractivity contribution in [2.75, 3.05) is 33.2 Å². The normalized spacial score (nSPS) is 12.1. The summed E-state index contributed by atoms with van der Waals surface area (Å²) in [5, 5.41) is 15.5. The zero-order valence-electron chi connectivity index (χ0n) is 20.1. The van der Waals surface area contributed by atoms with Crippen LogP contribution < -0.4 is 10.7 Å². The second-order valence-corrected chi connectivity index (χ2v) is 9.44. The molecule has 0 fully saturated rings. The van der Waals surface area contributed by atoms with Crippen molar-refractivity contribution in [3.05, 3.63) is 47.0 Å². The van der Waals surface area contributed by atoms with Gasteiger partial charge in [0.05, 0.1) is 24.1 Å². The Morgan fingerprint density at radius 2 is 2.00 bits per heavy atom. The second-order valence-electron chi connectivity index (χ2n) is 7.53. The molecule has 1 rings (SSSR count). The van der Waals surface area contributed by atoms with E-state index in [2.05, 4.69) is 23.2 Å². The first-order valence-corrected chi connectivity index (χ1v) is 12.6. The lowest BCUT2D eigenvalue weighted by atomic mass is 10.0. The number of hydrazine groups is 1. The van der Waals surface area contributed by atoms with Crippen LogP contribution in [-0.4, -0.2) is 73.6 Å². The molecule has 12 heteroatoms. The third-order valence-corrected chi connectivity index (χ3v) is 7.13. The van der Waals surface area contributed by atoms with E-state index in [9.17, 15) is 28.1 Å². The summed E-state index contributed by atoms with van der Waals surface area (Å²) in [6.45, 7) is 5.36. The van der Waals surface area contributed by atoms with Gasteiger partial charge in [0.1, 0.15) is 5.78 Å². The number of unbranched alkanes of at least 4 members (excludes halogenated alkanes) is 1. The van der Waals surface area contributed by atoms with Crippen molar-refractivity contribution in [3.63, 3.8) is 0 Å². The van der Waals surface area contributed by atoms with Crippen molar-refractivity contribution in [1.82, 2.24) is 20.1 Å². The van der Waals surface area contributed by atoms with Crippen LogP contribution in [0.4, 0.5) is 5.69 Å². The highest BCUT2D eigenvalue weighted by Crippen LogP contribution is 2.26. The summed E-state index contributed by atoms with van der Waals surface area (Å²) >= 11 is 0. The minimum atomic E-state index is -4.14. The molecule has 0 aliphatic heterocycles. The molecule has 0 aromatic heterocycles. The van der Waals surface area contributed by atoms with Crippen molar-refractivity contribution in [1.29, 1.82) is 0 Å². The van der Waals surface area contributed by atoms with Gasteiger partial charge in [0.2, 0.25) is 10.0 Å². The Morgan fingerprint density at radius 3 is 2.57 bits per heavy atom. The third kappa shape index (κ3) is 8.88. The van der Waals surface area contributed by atoms with E-state index in [1.165, 1.54) is 29.3 Å². The van der Waals surface area contributed by atoms with E-state index in [1.54, 1.807) is 14.0 Å². The summed E-state index contributed by atoms with van der Waals surface area (Å²) in [4.78, 5) is 34.8. The first-order chi connectivity index (χ1) is 16.6. The molecule has 1 aromatic rings. The number of carbonyl (C=O) groups excluding carboxylic acids is 2. The zero-order valence-corrected chi connectivity index (χ0v) is 20.9. The van der Waals surface area contributed by atoms with Gasteiger partial charge in [-0.3, -0.25) is 30.0 Å². The van der Waals surface area contributed by atoms with Crippen molar-refractivity contribution in [2.24, 2.45) is 0 Å². The maximum Gasteiger partial charge on any atom is 0.289 e. The minimum Gasteiger partial charge on any atom is -0.299 e. The molecule has 0 saturated heterocycles. The number of para-hydroxylation sites is 1. The highest BCUT2D eigenvalue weighted by molar-refractivity contribution is 7.89. The fraction of sp³-hybridized carbons (Fsp3) is 0.478. The standard InChI is InChI=1S/C23H33N5O6S/c1-5-15-26(35(33,34)22-14-9-8-13-20(22)28(31)32)17-11-10-12-19(21(29)7-3)25-18-23(30)27(24-4)16-6-2/h2,5,8-9,13-14,19,24-25H,1,7,10-12,15-18H2,3-4H3/t19-/m0/s1. The van der Waals surface area contributed by atoms with Crippen molar-refractivity contribution < 1.29 is 22.9 Å². The second kappa shape index (κ2) is 15.0. The SMILES string of the molecule is C#CCN(NC)C(=O)CN[C@@H](CCCCN(CC=C)S(=O)(=O)c1ccccc1[N+](=O)[O-])C(=O)CC. The molecular formula is C23H33N5O6S. The van der Waals surface area contributed by atoms with Crippen molar-refractivity contribution in [3.8, 4) is 12.3 Å². The van der Waals surface area contributed by atoms with Gasteiger partial charge in [-0.05, 0) is 18.9 Å². The summed E-state index contributed by atoms with van der Waals surface area (Å²) in [5.74, 6) is 1.99. The Bertz CT molecular complexity index is 1040. The number of rotatable bonds is 17. The van der Waals surface area contributed by atoms with Gasteiger partial charge in [-0.1, -0.05) is 37.5 Å². The van der Waals surface area contributed by atoms with Crippen LogP contribution in [0.15, 0.2) is 41.8 Å². The number of sulfonamides is 1. The van der Waals surface area contributed by atoms with Crippen LogP contribution in [0.3, 0.4) is 0 Å². The van der Waals surface area contributed by atoms with E-state index in [4.69, 9.17) is 6.42 Å². The maximum atomic E-state index is 13.1. The summed E-state index contributed by atoms with van der Waals surface area (Å²) in [7, 11) is -2.57. The molecule has 1 amide bonds. The Hall–Kier alpha value is -3.11. The largest absolute Gasteiger partial charge is 0.299 e. The van der Waals surface area contributed by atoms with E-state index < -0.39 is 26.7 Å². The number of terminal acetylenes is 1. The monoisotopic (exact) mass is 507 g/mol. The molecule has 11 nitrogen and oxygen atoms in total. The van der Waals surface area contributed by atoms with Crippen LogP contribution in [0.25, 0.3) is 0 Å². The van der Waals surface area contributed by atoms with Gasteiger partial charge in [0, 0.05) is 32.6 Å². The number of nitrogens with zero attached hydrogens (tertiary/aromatic N) is 3. The van der Waals surface area contributed by atoms with E-state index >= 15 is 0 Å². The van der Waals surface area contributed by atoms with Gasteiger partial charge < -0.3 is 0 Å². The molecule has 1 atom stereocenters. The lowest BCUT2D eigenvalue weighted by Gasteiger charge is -2.23. The first-order valence-electron chi connectivity index (χ1n) is 11.2. The number of nitro benzene ring substituents is 1. The molecule has 0 heterocycles. The van der Waals surface area contributed by atoms with Crippen molar-refractivity contribution >= 4 is 27.4 Å². The van der Waals surface area contributed by atoms with Crippen LogP contribution >= 0.6 is 0 Å². The van der Waals surface area contributed by atoms with Crippen LogP contribution in [0.1, 0.15) is 32.6 Å². The Balaban J connectivity index is 2.82. The van der Waals surface area contributed by atoms with Gasteiger partial charge >= 0.3 is 0 Å². The van der Waals surface area contributed by atoms with Crippen LogP contribution in [0.5, 0.6) is 0 Å². The smallest absolute Gasteiger partial charge is 0.289 e. The van der Waals surface area contributed by atoms with E-state index in [0.717, 1.165) is 10.4 Å². The average molecular weight is 508 g/mol. The maximum absolute atomic E-state index is 13.1. The zero-order chi connectivity index (χ0) is 26.4. The highest BCUT2D eigenvalue weighted by Gasteiger charge is 2.30. The predicted octanol–water partition coefficient (Wildman–Crippen LogP) is 1.48. The van der Waals surface area contributed by atoms with Gasteiger partial charge in [-0.15, -0.1) is 13.0 Å². The van der Waals surface area contributed by atoms with Crippen LogP contribution in [0.2, 0.25) is 0 Å². The quantitative estimate of drug-likeness (QED) is 0.106. The molecule has 2 N–H and O–H groups in total. The summed E-state index contributed by atoms with van der Waals surface area (Å²) in [6, 6.07) is 4.60. The average Bonchev–Trinajstić information content (AvgIpc) is 2.85. The number of ketones is 1. The van der Waals surface area contributed by atoms with Crippen LogP contribution in [-0.2, 0) is 19.6 Å². The van der Waals surface area contributed by atoms with E-state index in [1.807, 2.05) is 0 Å². The molecule has 0 saturated carbocycles. The van der Waals surface area contributed by atoms with E-state index in [0.29, 0.717) is 19.3 Å². The number of amides is 1. The Kier molecular flexibility index (Phi) is 12.8. The molecule has 192 valence electrons. The molecule has 0 aliphatic carbocycles. The van der Waals surface area contributed by atoms with Gasteiger partial charge in [-0.2, -0.15) is 4.31 Å². The lowest BCUT2D eigenvalue weighted by Crippen LogP contribution is -2.48. The third-order valence-electron chi connectivity index (χ3n) is 5.22. The fourth-order valence-electron chi connectivity index (χ4n) is 3.37. The molecule has 0 bridgehead atoms. The number of nitro groups is 1. The molecule has 0 aliphatic rings. The number of nitrogens with one attached hydrogen (secondary N) is 2. The Labute approximate surface area is 206 Å². The molecular weight excluding hydrogens is 474 g/mol. The number of hydrogen-bond acceptors (Lipinski definition) is 8. The van der Waals surface area contributed by atoms with Gasteiger partial charge in [-0.25, -0.2) is 13.8 Å². The minimum absolute atomic E-state index is 0.0204. The summed E-state index contributed by atoms with van der Waals surface area (Å²) < 4.78 is 27.3. The number of hydrogen-bond donors (Lipinski definition) is 2. The van der Waals surface area contributed by atoms with Gasteiger partial charge in [0.15, 0.2) is 4.90 Å². The summed E-state index contributed by atoms with van der Waals surface area (Å²) in [5.41, 5.74) is 2.19. The molecule has 35 heavy (non-hydrogen) atoms. The Morgan fingerprint density at radius 1 is 1.31 bits per heavy atom. The number of carbonyl (C=O) groups is 2. The molecule has 1 aromatic carbocycles. The summed E-state index contributed by atoms with van der Waals surface area (Å²) in [6.07, 6.45) is 8.20. The number of benzene rings is 1.